The van der Waals surface area contributed by atoms with Gasteiger partial charge in [0.2, 0.25) is 0 Å². The van der Waals surface area contributed by atoms with Crippen molar-refractivity contribution in [2.45, 2.75) is 24.0 Å². The SMILES string of the molecule is COc1cccc(-c2nn(Cc3ccccc3S(C)(=O)=O)c(=O)n(CC(N)c3ccccc3)c2=O)c1Cl. The molecule has 0 radical (unpaired) electrons. The Hall–Kier alpha value is -3.73. The minimum atomic E-state index is -3.59. The number of hydrogen-bond acceptors (Lipinski definition) is 7. The molecule has 1 heterocycles. The van der Waals surface area contributed by atoms with Crippen LogP contribution < -0.4 is 21.7 Å². The van der Waals surface area contributed by atoms with Gasteiger partial charge in [-0.05, 0) is 23.3 Å². The summed E-state index contributed by atoms with van der Waals surface area (Å²) in [4.78, 5) is 27.1. The summed E-state index contributed by atoms with van der Waals surface area (Å²) in [6.07, 6.45) is 1.09. The van der Waals surface area contributed by atoms with Crippen LogP contribution in [0.2, 0.25) is 5.02 Å². The van der Waals surface area contributed by atoms with Gasteiger partial charge in [0.15, 0.2) is 15.5 Å². The zero-order valence-corrected chi connectivity index (χ0v) is 21.7. The van der Waals surface area contributed by atoms with E-state index in [1.807, 2.05) is 18.2 Å². The minimum absolute atomic E-state index is 0.0587. The van der Waals surface area contributed by atoms with Crippen molar-refractivity contribution in [3.8, 4) is 17.0 Å². The summed E-state index contributed by atoms with van der Waals surface area (Å²) in [6.45, 7) is -0.329. The predicted octanol–water partition coefficient (Wildman–Crippen LogP) is 2.89. The number of benzene rings is 3. The number of nitrogens with two attached hydrogens (primary N) is 1. The first-order valence-corrected chi connectivity index (χ1v) is 13.5. The molecule has 1 atom stereocenters. The molecule has 0 saturated heterocycles. The summed E-state index contributed by atoms with van der Waals surface area (Å²) < 4.78 is 32.0. The normalized spacial score (nSPS) is 12.3. The van der Waals surface area contributed by atoms with Gasteiger partial charge >= 0.3 is 5.69 Å². The topological polar surface area (TPSA) is 126 Å². The molecule has 0 aliphatic heterocycles. The Morgan fingerprint density at radius 3 is 2.35 bits per heavy atom. The Labute approximate surface area is 218 Å². The van der Waals surface area contributed by atoms with Crippen LogP contribution >= 0.6 is 11.6 Å². The van der Waals surface area contributed by atoms with Crippen molar-refractivity contribution < 1.29 is 13.2 Å². The van der Waals surface area contributed by atoms with Crippen LogP contribution in [0.1, 0.15) is 17.2 Å². The molecule has 9 nitrogen and oxygen atoms in total. The quantitative estimate of drug-likeness (QED) is 0.364. The van der Waals surface area contributed by atoms with Crippen molar-refractivity contribution in [1.82, 2.24) is 14.3 Å². The molecule has 0 fully saturated rings. The highest BCUT2D eigenvalue weighted by Gasteiger charge is 2.22. The Morgan fingerprint density at radius 1 is 1.00 bits per heavy atom. The van der Waals surface area contributed by atoms with Gasteiger partial charge in [0.1, 0.15) is 5.75 Å². The van der Waals surface area contributed by atoms with Crippen LogP contribution in [-0.4, -0.2) is 36.1 Å². The minimum Gasteiger partial charge on any atom is -0.495 e. The van der Waals surface area contributed by atoms with Crippen LogP contribution in [0.4, 0.5) is 0 Å². The summed E-state index contributed by atoms with van der Waals surface area (Å²) >= 11 is 6.50. The van der Waals surface area contributed by atoms with Gasteiger partial charge in [0.05, 0.1) is 30.1 Å². The number of nitrogens with zero attached hydrogens (tertiary/aromatic N) is 3. The van der Waals surface area contributed by atoms with Gasteiger partial charge in [-0.15, -0.1) is 0 Å². The van der Waals surface area contributed by atoms with Crippen molar-refractivity contribution in [2.24, 2.45) is 5.73 Å². The Kier molecular flexibility index (Phi) is 7.63. The molecular formula is C26H25ClN4O5S. The van der Waals surface area contributed by atoms with Gasteiger partial charge in [-0.2, -0.15) is 5.10 Å². The Balaban J connectivity index is 1.93. The molecular weight excluding hydrogens is 516 g/mol. The van der Waals surface area contributed by atoms with Gasteiger partial charge in [0.25, 0.3) is 5.56 Å². The van der Waals surface area contributed by atoms with Gasteiger partial charge in [-0.25, -0.2) is 17.9 Å². The largest absolute Gasteiger partial charge is 0.495 e. The number of methoxy groups -OCH3 is 1. The number of ether oxygens (including phenoxy) is 1. The Bertz CT molecular complexity index is 1670. The predicted molar refractivity (Wildman–Crippen MR) is 142 cm³/mol. The molecule has 4 rings (SSSR count). The van der Waals surface area contributed by atoms with Crippen molar-refractivity contribution in [3.05, 3.63) is 110 Å². The molecule has 0 bridgehead atoms. The lowest BCUT2D eigenvalue weighted by Crippen LogP contribution is -2.44. The van der Waals surface area contributed by atoms with E-state index in [9.17, 15) is 18.0 Å². The number of aromatic nitrogens is 3. The van der Waals surface area contributed by atoms with Gasteiger partial charge in [0, 0.05) is 17.9 Å². The van der Waals surface area contributed by atoms with Gasteiger partial charge in [-0.1, -0.05) is 72.3 Å². The molecule has 0 spiro atoms. The molecule has 37 heavy (non-hydrogen) atoms. The second-order valence-corrected chi connectivity index (χ2v) is 10.8. The molecule has 3 aromatic carbocycles. The smallest absolute Gasteiger partial charge is 0.347 e. The average molecular weight is 541 g/mol. The maximum Gasteiger partial charge on any atom is 0.347 e. The fourth-order valence-electron chi connectivity index (χ4n) is 4.00. The molecule has 11 heteroatoms. The summed E-state index contributed by atoms with van der Waals surface area (Å²) in [7, 11) is -2.14. The lowest BCUT2D eigenvalue weighted by atomic mass is 10.1. The number of sulfone groups is 1. The molecule has 0 saturated carbocycles. The molecule has 0 aliphatic rings. The summed E-state index contributed by atoms with van der Waals surface area (Å²) in [5, 5.41) is 4.48. The third-order valence-electron chi connectivity index (χ3n) is 5.86. The van der Waals surface area contributed by atoms with Gasteiger partial charge < -0.3 is 10.5 Å². The molecule has 4 aromatic rings. The lowest BCUT2D eigenvalue weighted by molar-refractivity contribution is 0.415. The van der Waals surface area contributed by atoms with Crippen LogP contribution in [0.15, 0.2) is 87.3 Å². The summed E-state index contributed by atoms with van der Waals surface area (Å²) in [5.74, 6) is 0.327. The van der Waals surface area contributed by atoms with E-state index < -0.39 is 27.1 Å². The number of hydrogen-bond donors (Lipinski definition) is 1. The van der Waals surface area contributed by atoms with Crippen molar-refractivity contribution in [1.29, 1.82) is 0 Å². The zero-order valence-electron chi connectivity index (χ0n) is 20.2. The van der Waals surface area contributed by atoms with Crippen LogP contribution in [0.25, 0.3) is 11.3 Å². The highest BCUT2D eigenvalue weighted by molar-refractivity contribution is 7.90. The zero-order chi connectivity index (χ0) is 26.7. The third kappa shape index (κ3) is 5.51. The van der Waals surface area contributed by atoms with Crippen LogP contribution in [-0.2, 0) is 22.9 Å². The van der Waals surface area contributed by atoms with Crippen LogP contribution in [0, 0.1) is 0 Å². The van der Waals surface area contributed by atoms with Crippen molar-refractivity contribution >= 4 is 21.4 Å². The average Bonchev–Trinajstić information content (AvgIpc) is 2.88. The van der Waals surface area contributed by atoms with E-state index in [2.05, 4.69) is 5.10 Å². The van der Waals surface area contributed by atoms with Crippen molar-refractivity contribution in [3.63, 3.8) is 0 Å². The highest BCUT2D eigenvalue weighted by atomic mass is 35.5. The van der Waals surface area contributed by atoms with E-state index in [0.717, 1.165) is 21.1 Å². The molecule has 1 aromatic heterocycles. The highest BCUT2D eigenvalue weighted by Crippen LogP contribution is 2.32. The fourth-order valence-corrected chi connectivity index (χ4v) is 5.23. The first kappa shape index (κ1) is 26.3. The van der Waals surface area contributed by atoms with E-state index in [1.54, 1.807) is 48.5 Å². The molecule has 0 aliphatic carbocycles. The van der Waals surface area contributed by atoms with E-state index in [-0.39, 0.29) is 34.3 Å². The second kappa shape index (κ2) is 10.7. The van der Waals surface area contributed by atoms with E-state index in [4.69, 9.17) is 22.1 Å². The number of halogens is 1. The Morgan fingerprint density at radius 2 is 1.68 bits per heavy atom. The number of rotatable bonds is 8. The van der Waals surface area contributed by atoms with Crippen LogP contribution in [0.3, 0.4) is 0 Å². The maximum atomic E-state index is 13.6. The molecule has 192 valence electrons. The van der Waals surface area contributed by atoms with Crippen molar-refractivity contribution in [2.75, 3.05) is 13.4 Å². The first-order valence-electron chi connectivity index (χ1n) is 11.2. The molecule has 0 amide bonds. The van der Waals surface area contributed by atoms with Gasteiger partial charge in [-0.3, -0.25) is 9.36 Å². The maximum absolute atomic E-state index is 13.6. The summed E-state index contributed by atoms with van der Waals surface area (Å²) in [6, 6.07) is 19.6. The molecule has 2 N–H and O–H groups in total. The summed E-state index contributed by atoms with van der Waals surface area (Å²) in [5.41, 5.74) is 6.19. The second-order valence-electron chi connectivity index (χ2n) is 8.42. The van der Waals surface area contributed by atoms with E-state index in [0.29, 0.717) is 11.3 Å². The third-order valence-corrected chi connectivity index (χ3v) is 7.44. The van der Waals surface area contributed by atoms with Crippen LogP contribution in [0.5, 0.6) is 5.75 Å². The first-order chi connectivity index (χ1) is 17.6. The monoisotopic (exact) mass is 540 g/mol. The standard InChI is InChI=1S/C26H25ClN4O5S/c1-36-21-13-8-12-19(23(21)27)24-25(32)30(16-20(28)17-9-4-3-5-10-17)26(33)31(29-24)15-18-11-6-7-14-22(18)37(2,34)35/h3-14,20H,15-16,28H2,1-2H3. The fraction of sp³-hybridized carbons (Fsp3) is 0.192. The lowest BCUT2D eigenvalue weighted by Gasteiger charge is -2.17. The molecule has 1 unspecified atom stereocenters. The van der Waals surface area contributed by atoms with E-state index in [1.165, 1.54) is 13.2 Å². The van der Waals surface area contributed by atoms with E-state index >= 15 is 0 Å².